The van der Waals surface area contributed by atoms with Crippen LogP contribution in [-0.4, -0.2) is 21.0 Å². The van der Waals surface area contributed by atoms with Gasteiger partial charge in [-0.25, -0.2) is 4.79 Å². The highest BCUT2D eigenvalue weighted by atomic mass is 16.5. The molecule has 102 valence electrons. The highest BCUT2D eigenvalue weighted by molar-refractivity contribution is 5.84. The lowest BCUT2D eigenvalue weighted by Crippen LogP contribution is -2.00. The van der Waals surface area contributed by atoms with Crippen LogP contribution >= 0.6 is 0 Å². The van der Waals surface area contributed by atoms with E-state index < -0.39 is 5.97 Å². The quantitative estimate of drug-likeness (QED) is 0.845. The average molecular weight is 270 g/mol. The van der Waals surface area contributed by atoms with Gasteiger partial charge in [0.25, 0.3) is 0 Å². The van der Waals surface area contributed by atoms with Gasteiger partial charge in [-0.05, 0) is 36.8 Å². The van der Waals surface area contributed by atoms with Crippen LogP contribution in [0.4, 0.5) is 0 Å². The third-order valence-corrected chi connectivity index (χ3v) is 2.65. The lowest BCUT2D eigenvalue weighted by atomic mass is 10.2. The Morgan fingerprint density at radius 2 is 2.20 bits per heavy atom. The van der Waals surface area contributed by atoms with Gasteiger partial charge in [0.05, 0.1) is 17.6 Å². The van der Waals surface area contributed by atoms with Gasteiger partial charge in [-0.15, -0.1) is 0 Å². The number of nitrogens with zero attached hydrogens (tertiary/aromatic N) is 2. The number of hydrogen-bond acceptors (Lipinski definition) is 4. The number of carboxylic acids is 1. The number of ether oxygens (including phenoxy) is 1. The Morgan fingerprint density at radius 3 is 2.85 bits per heavy atom. The molecule has 0 bridgehead atoms. The van der Waals surface area contributed by atoms with Crippen LogP contribution in [0.25, 0.3) is 6.08 Å². The predicted molar refractivity (Wildman–Crippen MR) is 74.2 cm³/mol. The van der Waals surface area contributed by atoms with E-state index >= 15 is 0 Å². The van der Waals surface area contributed by atoms with Crippen LogP contribution in [0.3, 0.4) is 0 Å². The van der Waals surface area contributed by atoms with E-state index in [1.807, 2.05) is 19.1 Å². The van der Waals surface area contributed by atoms with E-state index in [4.69, 9.17) is 9.84 Å². The van der Waals surface area contributed by atoms with Crippen molar-refractivity contribution in [3.05, 3.63) is 59.7 Å². The number of aromatic nitrogens is 2. The fourth-order valence-electron chi connectivity index (χ4n) is 1.55. The van der Waals surface area contributed by atoms with Gasteiger partial charge in [0.15, 0.2) is 0 Å². The second-order valence-corrected chi connectivity index (χ2v) is 4.15. The maximum Gasteiger partial charge on any atom is 0.328 e. The fourth-order valence-corrected chi connectivity index (χ4v) is 1.55. The molecule has 5 heteroatoms. The molecule has 0 aliphatic carbocycles. The van der Waals surface area contributed by atoms with Crippen molar-refractivity contribution < 1.29 is 14.6 Å². The minimum atomic E-state index is -1.00. The monoisotopic (exact) mass is 270 g/mol. The summed E-state index contributed by atoms with van der Waals surface area (Å²) in [6.45, 7) is 2.35. The van der Waals surface area contributed by atoms with Crippen LogP contribution in [0.1, 0.15) is 17.0 Å². The summed E-state index contributed by atoms with van der Waals surface area (Å²) in [5.74, 6) is -0.389. The maximum atomic E-state index is 10.4. The summed E-state index contributed by atoms with van der Waals surface area (Å²) < 4.78 is 5.59. The molecule has 0 aromatic carbocycles. The summed E-state index contributed by atoms with van der Waals surface area (Å²) in [6.07, 6.45) is 5.75. The Balaban J connectivity index is 1.97. The molecular formula is C15H14N2O3. The van der Waals surface area contributed by atoms with Crippen molar-refractivity contribution in [2.75, 3.05) is 0 Å². The molecule has 0 saturated heterocycles. The predicted octanol–water partition coefficient (Wildman–Crippen LogP) is 2.46. The minimum Gasteiger partial charge on any atom is -0.486 e. The van der Waals surface area contributed by atoms with Crippen molar-refractivity contribution in [2.45, 2.75) is 13.5 Å². The van der Waals surface area contributed by atoms with E-state index in [1.165, 1.54) is 6.08 Å². The van der Waals surface area contributed by atoms with Crippen molar-refractivity contribution in [3.63, 3.8) is 0 Å². The van der Waals surface area contributed by atoms with Gasteiger partial charge < -0.3 is 9.84 Å². The summed E-state index contributed by atoms with van der Waals surface area (Å²) in [7, 11) is 0. The average Bonchev–Trinajstić information content (AvgIpc) is 2.45. The van der Waals surface area contributed by atoms with E-state index in [0.29, 0.717) is 18.1 Å². The molecule has 0 amide bonds. The van der Waals surface area contributed by atoms with Crippen LogP contribution < -0.4 is 4.74 Å². The van der Waals surface area contributed by atoms with Crippen LogP contribution in [0.2, 0.25) is 0 Å². The molecule has 0 aliphatic heterocycles. The zero-order chi connectivity index (χ0) is 14.4. The van der Waals surface area contributed by atoms with Crippen molar-refractivity contribution in [1.82, 2.24) is 9.97 Å². The molecule has 5 nitrogen and oxygen atoms in total. The van der Waals surface area contributed by atoms with Gasteiger partial charge in [0.1, 0.15) is 12.4 Å². The van der Waals surface area contributed by atoms with Gasteiger partial charge in [0.2, 0.25) is 0 Å². The highest BCUT2D eigenvalue weighted by Crippen LogP contribution is 2.13. The van der Waals surface area contributed by atoms with Crippen molar-refractivity contribution in [2.24, 2.45) is 0 Å². The van der Waals surface area contributed by atoms with Crippen LogP contribution in [-0.2, 0) is 11.4 Å². The zero-order valence-corrected chi connectivity index (χ0v) is 11.0. The Labute approximate surface area is 116 Å². The molecule has 20 heavy (non-hydrogen) atoms. The SMILES string of the molecule is Cc1cccnc1COc1ccc(/C=C/C(=O)O)nc1. The molecule has 0 saturated carbocycles. The summed E-state index contributed by atoms with van der Waals surface area (Å²) in [5, 5.41) is 8.52. The Hall–Kier alpha value is -2.69. The molecule has 0 fully saturated rings. The fraction of sp³-hybridized carbons (Fsp3) is 0.133. The number of rotatable bonds is 5. The number of carboxylic acid groups (broad SMARTS) is 1. The first-order valence-electron chi connectivity index (χ1n) is 6.05. The summed E-state index contributed by atoms with van der Waals surface area (Å²) in [6, 6.07) is 7.29. The molecule has 0 atom stereocenters. The summed E-state index contributed by atoms with van der Waals surface area (Å²) in [4.78, 5) is 18.7. The van der Waals surface area contributed by atoms with Crippen LogP contribution in [0.15, 0.2) is 42.7 Å². The molecule has 0 spiro atoms. The number of aryl methyl sites for hydroxylation is 1. The molecule has 2 aromatic heterocycles. The lowest BCUT2D eigenvalue weighted by Gasteiger charge is -2.07. The van der Waals surface area contributed by atoms with Crippen molar-refractivity contribution in [1.29, 1.82) is 0 Å². The highest BCUT2D eigenvalue weighted by Gasteiger charge is 2.01. The van der Waals surface area contributed by atoms with Gasteiger partial charge in [-0.1, -0.05) is 6.07 Å². The molecule has 1 N–H and O–H groups in total. The van der Waals surface area contributed by atoms with Gasteiger partial charge in [-0.3, -0.25) is 9.97 Å². The Morgan fingerprint density at radius 1 is 1.35 bits per heavy atom. The van der Waals surface area contributed by atoms with Gasteiger partial charge in [0, 0.05) is 12.3 Å². The number of hydrogen-bond donors (Lipinski definition) is 1. The summed E-state index contributed by atoms with van der Waals surface area (Å²) >= 11 is 0. The van der Waals surface area contributed by atoms with E-state index in [0.717, 1.165) is 17.3 Å². The zero-order valence-electron chi connectivity index (χ0n) is 11.0. The lowest BCUT2D eigenvalue weighted by molar-refractivity contribution is -0.131. The molecule has 0 unspecified atom stereocenters. The van der Waals surface area contributed by atoms with Crippen molar-refractivity contribution in [3.8, 4) is 5.75 Å². The number of carbonyl (C=O) groups is 1. The maximum absolute atomic E-state index is 10.4. The Kier molecular flexibility index (Phi) is 4.44. The molecular weight excluding hydrogens is 256 g/mol. The first kappa shape index (κ1) is 13.7. The molecule has 0 radical (unpaired) electrons. The van der Waals surface area contributed by atoms with Crippen LogP contribution in [0.5, 0.6) is 5.75 Å². The van der Waals surface area contributed by atoms with Gasteiger partial charge in [-0.2, -0.15) is 0 Å². The molecule has 2 aromatic rings. The molecule has 2 rings (SSSR count). The third-order valence-electron chi connectivity index (χ3n) is 2.65. The second-order valence-electron chi connectivity index (χ2n) is 4.15. The smallest absolute Gasteiger partial charge is 0.328 e. The van der Waals surface area contributed by atoms with Crippen molar-refractivity contribution >= 4 is 12.0 Å². The topological polar surface area (TPSA) is 72.3 Å². The first-order valence-corrected chi connectivity index (χ1v) is 6.05. The van der Waals surface area contributed by atoms with Crippen LogP contribution in [0, 0.1) is 6.92 Å². The normalized spacial score (nSPS) is 10.7. The minimum absolute atomic E-state index is 0.374. The third kappa shape index (κ3) is 3.91. The van der Waals surface area contributed by atoms with Gasteiger partial charge >= 0.3 is 5.97 Å². The van der Waals surface area contributed by atoms with E-state index in [-0.39, 0.29) is 0 Å². The summed E-state index contributed by atoms with van der Waals surface area (Å²) in [5.41, 5.74) is 2.51. The molecule has 2 heterocycles. The second kappa shape index (κ2) is 6.47. The van der Waals surface area contributed by atoms with E-state index in [2.05, 4.69) is 9.97 Å². The largest absolute Gasteiger partial charge is 0.486 e. The first-order chi connectivity index (χ1) is 9.65. The van der Waals surface area contributed by atoms with E-state index in [9.17, 15) is 4.79 Å². The number of aliphatic carboxylic acids is 1. The molecule has 0 aliphatic rings. The number of pyridine rings is 2. The Bertz CT molecular complexity index is 621. The standard InChI is InChI=1S/C15H14N2O3/c1-11-3-2-8-16-14(11)10-20-13-6-4-12(17-9-13)5-7-15(18)19/h2-9H,10H2,1H3,(H,18,19)/b7-5+. The van der Waals surface area contributed by atoms with E-state index in [1.54, 1.807) is 24.5 Å².